The minimum absolute atomic E-state index is 0.165. The Morgan fingerprint density at radius 1 is 0.963 bits per heavy atom. The predicted molar refractivity (Wildman–Crippen MR) is 109 cm³/mol. The highest BCUT2D eigenvalue weighted by Crippen LogP contribution is 2.37. The molecule has 134 valence electrons. The zero-order valence-corrected chi connectivity index (χ0v) is 14.8. The lowest BCUT2D eigenvalue weighted by molar-refractivity contribution is 0.751. The van der Waals surface area contributed by atoms with Crippen LogP contribution in [0.5, 0.6) is 0 Å². The Morgan fingerprint density at radius 3 is 2.67 bits per heavy atom. The normalized spacial score (nSPS) is 17.1. The summed E-state index contributed by atoms with van der Waals surface area (Å²) < 4.78 is 0. The van der Waals surface area contributed by atoms with Crippen LogP contribution in [0.25, 0.3) is 32.9 Å². The number of nitrogen functional groups attached to an aromatic ring is 1. The molecule has 0 radical (unpaired) electrons. The molecule has 0 spiro atoms. The molecule has 1 unspecified atom stereocenters. The van der Waals surface area contributed by atoms with Gasteiger partial charge in [-0.2, -0.15) is 4.98 Å². The van der Waals surface area contributed by atoms with Crippen molar-refractivity contribution in [3.8, 4) is 11.1 Å². The molecule has 1 atom stereocenters. The number of pyridine rings is 1. The molecule has 5 rings (SSSR count). The third-order valence-corrected chi connectivity index (χ3v) is 5.17. The van der Waals surface area contributed by atoms with Crippen LogP contribution in [0.2, 0.25) is 0 Å². The highest BCUT2D eigenvalue weighted by atomic mass is 15.2. The molecular formula is C21H20N6. The number of hydrogen-bond acceptors (Lipinski definition) is 6. The van der Waals surface area contributed by atoms with E-state index in [0.717, 1.165) is 41.8 Å². The lowest BCUT2D eigenvalue weighted by Crippen LogP contribution is -2.27. The molecule has 1 aliphatic heterocycles. The second-order valence-corrected chi connectivity index (χ2v) is 7.02. The van der Waals surface area contributed by atoms with Gasteiger partial charge < -0.3 is 16.4 Å². The van der Waals surface area contributed by atoms with Crippen LogP contribution in [0.3, 0.4) is 0 Å². The van der Waals surface area contributed by atoms with Crippen molar-refractivity contribution in [2.75, 3.05) is 23.7 Å². The molecule has 0 amide bonds. The third kappa shape index (κ3) is 2.74. The average molecular weight is 356 g/mol. The molecule has 6 nitrogen and oxygen atoms in total. The molecule has 0 aliphatic carbocycles. The van der Waals surface area contributed by atoms with Crippen LogP contribution in [0, 0.1) is 0 Å². The zero-order chi connectivity index (χ0) is 18.4. The zero-order valence-electron chi connectivity index (χ0n) is 14.8. The Balaban J connectivity index is 1.80. The summed E-state index contributed by atoms with van der Waals surface area (Å²) in [5, 5.41) is 3.27. The number of fused-ring (bicyclic) bond motifs is 2. The van der Waals surface area contributed by atoms with Gasteiger partial charge in [0.2, 0.25) is 5.95 Å². The van der Waals surface area contributed by atoms with Gasteiger partial charge in [0, 0.05) is 36.3 Å². The van der Waals surface area contributed by atoms with Gasteiger partial charge in [0.15, 0.2) is 5.65 Å². The molecule has 1 saturated heterocycles. The average Bonchev–Trinajstić information content (AvgIpc) is 3.13. The number of nitrogens with two attached hydrogens (primary N) is 2. The number of aromatic nitrogens is 3. The molecule has 1 aliphatic rings. The highest BCUT2D eigenvalue weighted by Gasteiger charge is 2.24. The molecule has 2 aromatic carbocycles. The van der Waals surface area contributed by atoms with E-state index in [0.29, 0.717) is 5.65 Å². The lowest BCUT2D eigenvalue weighted by Gasteiger charge is -2.22. The maximum atomic E-state index is 6.16. The van der Waals surface area contributed by atoms with Crippen molar-refractivity contribution in [2.45, 2.75) is 12.5 Å². The topological polar surface area (TPSA) is 94.0 Å². The Labute approximate surface area is 156 Å². The van der Waals surface area contributed by atoms with Gasteiger partial charge in [-0.05, 0) is 28.8 Å². The van der Waals surface area contributed by atoms with E-state index in [4.69, 9.17) is 16.5 Å². The number of hydrogen-bond donors (Lipinski definition) is 2. The van der Waals surface area contributed by atoms with Gasteiger partial charge in [-0.25, -0.2) is 9.97 Å². The smallest absolute Gasteiger partial charge is 0.222 e. The van der Waals surface area contributed by atoms with E-state index in [1.54, 1.807) is 6.20 Å². The summed E-state index contributed by atoms with van der Waals surface area (Å²) in [4.78, 5) is 15.6. The van der Waals surface area contributed by atoms with Crippen LogP contribution in [-0.4, -0.2) is 34.1 Å². The van der Waals surface area contributed by atoms with E-state index in [2.05, 4.69) is 63.4 Å². The van der Waals surface area contributed by atoms with Crippen molar-refractivity contribution in [3.63, 3.8) is 0 Å². The molecule has 6 heteroatoms. The van der Waals surface area contributed by atoms with E-state index >= 15 is 0 Å². The molecule has 2 aromatic heterocycles. The van der Waals surface area contributed by atoms with Gasteiger partial charge in [0.05, 0.1) is 0 Å². The van der Waals surface area contributed by atoms with Crippen molar-refractivity contribution < 1.29 is 0 Å². The molecule has 0 bridgehead atoms. The van der Waals surface area contributed by atoms with Crippen LogP contribution >= 0.6 is 0 Å². The fraction of sp³-hybridized carbons (Fsp3) is 0.190. The van der Waals surface area contributed by atoms with Crippen LogP contribution in [0.15, 0.2) is 54.7 Å². The van der Waals surface area contributed by atoms with Gasteiger partial charge in [0.25, 0.3) is 0 Å². The second-order valence-electron chi connectivity index (χ2n) is 7.02. The van der Waals surface area contributed by atoms with Gasteiger partial charge in [-0.3, -0.25) is 0 Å². The van der Waals surface area contributed by atoms with Gasteiger partial charge in [0.1, 0.15) is 5.82 Å². The quantitative estimate of drug-likeness (QED) is 0.573. The molecule has 3 heterocycles. The number of rotatable bonds is 2. The Kier molecular flexibility index (Phi) is 3.65. The molecule has 0 saturated carbocycles. The first-order chi connectivity index (χ1) is 13.2. The fourth-order valence-corrected chi connectivity index (χ4v) is 3.85. The summed E-state index contributed by atoms with van der Waals surface area (Å²) in [7, 11) is 0. The van der Waals surface area contributed by atoms with E-state index in [9.17, 15) is 0 Å². The van der Waals surface area contributed by atoms with Crippen molar-refractivity contribution >= 4 is 33.6 Å². The standard InChI is InChI=1S/C21H20N6/c22-15-8-9-27(12-15)20-18(10-14-11-24-21(23)26-19(14)25-20)17-7-3-5-13-4-1-2-6-16(13)17/h1-7,10-11,15H,8-9,12,22H2,(H2,23,24,25,26). The van der Waals surface area contributed by atoms with Crippen LogP contribution in [0.1, 0.15) is 6.42 Å². The van der Waals surface area contributed by atoms with Gasteiger partial charge in [-0.15, -0.1) is 0 Å². The lowest BCUT2D eigenvalue weighted by atomic mass is 9.98. The Hall–Kier alpha value is -3.25. The first kappa shape index (κ1) is 16.0. The molecule has 27 heavy (non-hydrogen) atoms. The fourth-order valence-electron chi connectivity index (χ4n) is 3.85. The van der Waals surface area contributed by atoms with Crippen molar-refractivity contribution in [1.82, 2.24) is 15.0 Å². The molecule has 4 aromatic rings. The predicted octanol–water partition coefficient (Wildman–Crippen LogP) is 2.96. The first-order valence-corrected chi connectivity index (χ1v) is 9.11. The summed E-state index contributed by atoms with van der Waals surface area (Å²) in [5.74, 6) is 1.14. The maximum Gasteiger partial charge on any atom is 0.222 e. The highest BCUT2D eigenvalue weighted by molar-refractivity contribution is 6.01. The second kappa shape index (κ2) is 6.17. The molecule has 4 N–H and O–H groups in total. The minimum atomic E-state index is 0.165. The minimum Gasteiger partial charge on any atom is -0.368 e. The van der Waals surface area contributed by atoms with Crippen molar-refractivity contribution in [1.29, 1.82) is 0 Å². The summed E-state index contributed by atoms with van der Waals surface area (Å²) in [5.41, 5.74) is 14.8. The van der Waals surface area contributed by atoms with E-state index in [1.165, 1.54) is 10.8 Å². The number of nitrogens with zero attached hydrogens (tertiary/aromatic N) is 4. The van der Waals surface area contributed by atoms with Crippen molar-refractivity contribution in [2.24, 2.45) is 5.73 Å². The van der Waals surface area contributed by atoms with Crippen molar-refractivity contribution in [3.05, 3.63) is 54.7 Å². The largest absolute Gasteiger partial charge is 0.368 e. The summed E-state index contributed by atoms with van der Waals surface area (Å²) in [6, 6.07) is 17.0. The monoisotopic (exact) mass is 356 g/mol. The molecule has 1 fully saturated rings. The Bertz CT molecular complexity index is 1150. The van der Waals surface area contributed by atoms with Gasteiger partial charge >= 0.3 is 0 Å². The summed E-state index contributed by atoms with van der Waals surface area (Å²) in [6.07, 6.45) is 2.69. The van der Waals surface area contributed by atoms with Crippen LogP contribution in [-0.2, 0) is 0 Å². The number of benzene rings is 2. The van der Waals surface area contributed by atoms with E-state index in [-0.39, 0.29) is 12.0 Å². The third-order valence-electron chi connectivity index (χ3n) is 5.17. The summed E-state index contributed by atoms with van der Waals surface area (Å²) >= 11 is 0. The SMILES string of the molecule is Nc1ncc2cc(-c3cccc4ccccc34)c(N3CCC(N)C3)nc2n1. The molecular weight excluding hydrogens is 336 g/mol. The Morgan fingerprint density at radius 2 is 1.81 bits per heavy atom. The van der Waals surface area contributed by atoms with E-state index in [1.807, 2.05) is 0 Å². The van der Waals surface area contributed by atoms with Gasteiger partial charge in [-0.1, -0.05) is 42.5 Å². The first-order valence-electron chi connectivity index (χ1n) is 9.11. The number of anilines is 2. The maximum absolute atomic E-state index is 6.16. The summed E-state index contributed by atoms with van der Waals surface area (Å²) in [6.45, 7) is 1.68. The van der Waals surface area contributed by atoms with Crippen LogP contribution < -0.4 is 16.4 Å². The van der Waals surface area contributed by atoms with Crippen LogP contribution in [0.4, 0.5) is 11.8 Å². The van der Waals surface area contributed by atoms with E-state index < -0.39 is 0 Å².